The van der Waals surface area contributed by atoms with E-state index in [1.165, 1.54) is 0 Å². The van der Waals surface area contributed by atoms with Crippen LogP contribution in [-0.2, 0) is 4.79 Å². The molecule has 0 saturated carbocycles. The Morgan fingerprint density at radius 1 is 1.30 bits per heavy atom. The quantitative estimate of drug-likeness (QED) is 0.870. The summed E-state index contributed by atoms with van der Waals surface area (Å²) in [6.07, 6.45) is 0. The van der Waals surface area contributed by atoms with Crippen LogP contribution in [-0.4, -0.2) is 29.7 Å². The van der Waals surface area contributed by atoms with Crippen LogP contribution < -0.4 is 10.2 Å². The van der Waals surface area contributed by atoms with Gasteiger partial charge in [0.25, 0.3) is 0 Å². The summed E-state index contributed by atoms with van der Waals surface area (Å²) in [6, 6.07) is 6.90. The van der Waals surface area contributed by atoms with Gasteiger partial charge in [0.2, 0.25) is 0 Å². The van der Waals surface area contributed by atoms with E-state index in [-0.39, 0.29) is 6.03 Å². The molecule has 2 amide bonds. The minimum absolute atomic E-state index is 0.276. The number of hydrogen-bond acceptors (Lipinski definition) is 2. The zero-order valence-electron chi connectivity index (χ0n) is 12.4. The molecule has 0 fully saturated rings. The van der Waals surface area contributed by atoms with Crippen molar-refractivity contribution in [3.63, 3.8) is 0 Å². The molecule has 1 aromatic carbocycles. The van der Waals surface area contributed by atoms with Crippen LogP contribution in [0.5, 0.6) is 0 Å². The van der Waals surface area contributed by atoms with Gasteiger partial charge in [0.15, 0.2) is 0 Å². The predicted molar refractivity (Wildman–Crippen MR) is 79.0 cm³/mol. The molecule has 110 valence electrons. The molecule has 1 aromatic rings. The molecule has 0 radical (unpaired) electrons. The number of amides is 2. The summed E-state index contributed by atoms with van der Waals surface area (Å²) in [7, 11) is 0. The van der Waals surface area contributed by atoms with Crippen molar-refractivity contribution in [1.82, 2.24) is 5.32 Å². The van der Waals surface area contributed by atoms with Gasteiger partial charge in [-0.05, 0) is 39.3 Å². The third-order valence-corrected chi connectivity index (χ3v) is 3.46. The SMILES string of the molecule is CCN(C(=O)NC(C)C(C)C(=O)O)c1ccccc1C. The van der Waals surface area contributed by atoms with E-state index in [0.29, 0.717) is 6.54 Å². The molecule has 0 bridgehead atoms. The Hall–Kier alpha value is -2.04. The van der Waals surface area contributed by atoms with Gasteiger partial charge in [0.1, 0.15) is 0 Å². The lowest BCUT2D eigenvalue weighted by molar-refractivity contribution is -0.141. The molecule has 0 heterocycles. The summed E-state index contributed by atoms with van der Waals surface area (Å²) in [5, 5.41) is 11.7. The largest absolute Gasteiger partial charge is 0.481 e. The van der Waals surface area contributed by atoms with E-state index in [1.54, 1.807) is 18.7 Å². The van der Waals surface area contributed by atoms with Gasteiger partial charge >= 0.3 is 12.0 Å². The van der Waals surface area contributed by atoms with Crippen molar-refractivity contribution in [1.29, 1.82) is 0 Å². The van der Waals surface area contributed by atoms with Crippen molar-refractivity contribution in [3.8, 4) is 0 Å². The Morgan fingerprint density at radius 2 is 1.90 bits per heavy atom. The van der Waals surface area contributed by atoms with E-state index in [2.05, 4.69) is 5.32 Å². The second-order valence-electron chi connectivity index (χ2n) is 4.90. The van der Waals surface area contributed by atoms with Gasteiger partial charge in [-0.2, -0.15) is 0 Å². The molecule has 1 rings (SSSR count). The molecular formula is C15H22N2O3. The van der Waals surface area contributed by atoms with E-state index < -0.39 is 17.9 Å². The van der Waals surface area contributed by atoms with Crippen LogP contribution in [0.1, 0.15) is 26.3 Å². The summed E-state index contributed by atoms with van der Waals surface area (Å²) >= 11 is 0. The van der Waals surface area contributed by atoms with E-state index in [1.807, 2.05) is 38.1 Å². The van der Waals surface area contributed by atoms with E-state index in [0.717, 1.165) is 11.3 Å². The summed E-state index contributed by atoms with van der Waals surface area (Å²) in [4.78, 5) is 24.8. The van der Waals surface area contributed by atoms with Gasteiger partial charge in [-0.15, -0.1) is 0 Å². The van der Waals surface area contributed by atoms with Crippen molar-refractivity contribution >= 4 is 17.7 Å². The molecule has 20 heavy (non-hydrogen) atoms. The van der Waals surface area contributed by atoms with Gasteiger partial charge in [0, 0.05) is 18.3 Å². The fraction of sp³-hybridized carbons (Fsp3) is 0.467. The number of aryl methyl sites for hydroxylation is 1. The predicted octanol–water partition coefficient (Wildman–Crippen LogP) is 2.64. The molecule has 0 aliphatic carbocycles. The Morgan fingerprint density at radius 3 is 2.40 bits per heavy atom. The average molecular weight is 278 g/mol. The number of nitrogens with zero attached hydrogens (tertiary/aromatic N) is 1. The zero-order valence-corrected chi connectivity index (χ0v) is 12.4. The molecule has 0 aromatic heterocycles. The van der Waals surface area contributed by atoms with E-state index >= 15 is 0 Å². The molecule has 0 spiro atoms. The molecule has 2 N–H and O–H groups in total. The first-order valence-corrected chi connectivity index (χ1v) is 6.75. The zero-order chi connectivity index (χ0) is 15.3. The standard InChI is InChI=1S/C15H22N2O3/c1-5-17(13-9-7-6-8-10(13)2)15(20)16-12(4)11(3)14(18)19/h6-9,11-12H,5H2,1-4H3,(H,16,20)(H,18,19). The fourth-order valence-electron chi connectivity index (χ4n) is 1.90. The number of carbonyl (C=O) groups is 2. The number of rotatable bonds is 5. The maximum absolute atomic E-state index is 12.3. The summed E-state index contributed by atoms with van der Waals surface area (Å²) in [5.74, 6) is -1.55. The van der Waals surface area contributed by atoms with Crippen LogP contribution >= 0.6 is 0 Å². The highest BCUT2D eigenvalue weighted by Crippen LogP contribution is 2.19. The number of anilines is 1. The first-order chi connectivity index (χ1) is 9.38. The molecule has 0 aliphatic heterocycles. The third-order valence-electron chi connectivity index (χ3n) is 3.46. The fourth-order valence-corrected chi connectivity index (χ4v) is 1.90. The molecule has 5 heteroatoms. The highest BCUT2D eigenvalue weighted by molar-refractivity contribution is 5.93. The minimum atomic E-state index is -0.920. The highest BCUT2D eigenvalue weighted by atomic mass is 16.4. The van der Waals surface area contributed by atoms with Crippen molar-refractivity contribution in [2.45, 2.75) is 33.7 Å². The van der Waals surface area contributed by atoms with Crippen LogP contribution in [0.4, 0.5) is 10.5 Å². The van der Waals surface area contributed by atoms with Gasteiger partial charge in [-0.25, -0.2) is 4.79 Å². The third kappa shape index (κ3) is 3.73. The highest BCUT2D eigenvalue weighted by Gasteiger charge is 2.23. The van der Waals surface area contributed by atoms with Crippen molar-refractivity contribution in [3.05, 3.63) is 29.8 Å². The number of aliphatic carboxylic acids is 1. The van der Waals surface area contributed by atoms with Gasteiger partial charge in [0.05, 0.1) is 5.92 Å². The van der Waals surface area contributed by atoms with Crippen LogP contribution in [0.15, 0.2) is 24.3 Å². The minimum Gasteiger partial charge on any atom is -0.481 e. The Kier molecular flexibility index (Phi) is 5.55. The first kappa shape index (κ1) is 16.0. The first-order valence-electron chi connectivity index (χ1n) is 6.75. The van der Waals surface area contributed by atoms with E-state index in [9.17, 15) is 9.59 Å². The van der Waals surface area contributed by atoms with Crippen LogP contribution in [0.25, 0.3) is 0 Å². The lowest BCUT2D eigenvalue weighted by Crippen LogP contribution is -2.47. The lowest BCUT2D eigenvalue weighted by atomic mass is 10.0. The van der Waals surface area contributed by atoms with Crippen molar-refractivity contribution in [2.24, 2.45) is 5.92 Å². The molecule has 0 aliphatic rings. The van der Waals surface area contributed by atoms with Gasteiger partial charge in [-0.3, -0.25) is 9.69 Å². The van der Waals surface area contributed by atoms with E-state index in [4.69, 9.17) is 5.11 Å². The monoisotopic (exact) mass is 278 g/mol. The summed E-state index contributed by atoms with van der Waals surface area (Å²) in [5.41, 5.74) is 1.84. The Balaban J connectivity index is 2.84. The van der Waals surface area contributed by atoms with Gasteiger partial charge < -0.3 is 10.4 Å². The number of nitrogens with one attached hydrogen (secondary N) is 1. The number of benzene rings is 1. The second-order valence-corrected chi connectivity index (χ2v) is 4.90. The molecular weight excluding hydrogens is 256 g/mol. The Labute approximate surface area is 119 Å². The van der Waals surface area contributed by atoms with Crippen molar-refractivity contribution < 1.29 is 14.7 Å². The number of carbonyl (C=O) groups excluding carboxylic acids is 1. The topological polar surface area (TPSA) is 69.6 Å². The molecule has 5 nitrogen and oxygen atoms in total. The summed E-state index contributed by atoms with van der Waals surface area (Å²) in [6.45, 7) is 7.62. The number of para-hydroxylation sites is 1. The maximum Gasteiger partial charge on any atom is 0.322 e. The van der Waals surface area contributed by atoms with Crippen LogP contribution in [0.3, 0.4) is 0 Å². The number of hydrogen-bond donors (Lipinski definition) is 2. The van der Waals surface area contributed by atoms with Crippen molar-refractivity contribution in [2.75, 3.05) is 11.4 Å². The second kappa shape index (κ2) is 6.93. The summed E-state index contributed by atoms with van der Waals surface area (Å²) < 4.78 is 0. The van der Waals surface area contributed by atoms with Crippen LogP contribution in [0, 0.1) is 12.8 Å². The van der Waals surface area contributed by atoms with Gasteiger partial charge in [-0.1, -0.05) is 18.2 Å². The molecule has 2 unspecified atom stereocenters. The smallest absolute Gasteiger partial charge is 0.322 e. The molecule has 2 atom stereocenters. The number of carboxylic acid groups (broad SMARTS) is 1. The number of carboxylic acids is 1. The lowest BCUT2D eigenvalue weighted by Gasteiger charge is -2.26. The normalized spacial score (nSPS) is 13.4. The maximum atomic E-state index is 12.3. The number of urea groups is 1. The Bertz CT molecular complexity index is 488. The average Bonchev–Trinajstić information content (AvgIpc) is 2.40. The van der Waals surface area contributed by atoms with Crippen LogP contribution in [0.2, 0.25) is 0 Å². The molecule has 0 saturated heterocycles.